The molecule has 0 spiro atoms. The summed E-state index contributed by atoms with van der Waals surface area (Å²) in [6.45, 7) is 5.96. The molecule has 1 aliphatic rings. The summed E-state index contributed by atoms with van der Waals surface area (Å²) in [6, 6.07) is 5.88. The lowest BCUT2D eigenvalue weighted by Crippen LogP contribution is -2.42. The average Bonchev–Trinajstić information content (AvgIpc) is 2.49. The van der Waals surface area contributed by atoms with Gasteiger partial charge in [0.25, 0.3) is 0 Å². The van der Waals surface area contributed by atoms with E-state index in [1.165, 1.54) is 0 Å². The van der Waals surface area contributed by atoms with E-state index in [0.717, 1.165) is 5.56 Å². The van der Waals surface area contributed by atoms with Gasteiger partial charge in [0.1, 0.15) is 11.8 Å². The van der Waals surface area contributed by atoms with Crippen LogP contribution in [0.2, 0.25) is 0 Å². The van der Waals surface area contributed by atoms with Gasteiger partial charge in [0.15, 0.2) is 6.29 Å². The number of carbonyl (C=O) groups is 1. The number of benzene rings is 1. The zero-order valence-corrected chi connectivity index (χ0v) is 13.6. The number of aromatic hydroxyl groups is 1. The second-order valence-electron chi connectivity index (χ2n) is 6.72. The fourth-order valence-corrected chi connectivity index (χ4v) is 2.38. The first kappa shape index (κ1) is 17.7. The molecule has 6 nitrogen and oxygen atoms in total. The van der Waals surface area contributed by atoms with Crippen molar-refractivity contribution in [3.63, 3.8) is 0 Å². The summed E-state index contributed by atoms with van der Waals surface area (Å²) in [5.41, 5.74) is 0.890. The summed E-state index contributed by atoms with van der Waals surface area (Å²) in [7, 11) is 0. The zero-order valence-electron chi connectivity index (χ0n) is 13.6. The van der Waals surface area contributed by atoms with E-state index in [0.29, 0.717) is 32.6 Å². The molecule has 0 aliphatic carbocycles. The summed E-state index contributed by atoms with van der Waals surface area (Å²) in [4.78, 5) is 11.4. The highest BCUT2D eigenvalue weighted by atomic mass is 16.7. The molecule has 1 aliphatic heterocycles. The lowest BCUT2D eigenvalue weighted by Gasteiger charge is -2.34. The lowest BCUT2D eigenvalue weighted by atomic mass is 9.95. The Labute approximate surface area is 136 Å². The fraction of sp³-hybridized carbons (Fsp3) is 0.588. The number of hydrogen-bond acceptors (Lipinski definition) is 5. The Morgan fingerprint density at radius 3 is 2.48 bits per heavy atom. The van der Waals surface area contributed by atoms with E-state index in [-0.39, 0.29) is 17.5 Å². The maximum Gasteiger partial charge on any atom is 0.321 e. The van der Waals surface area contributed by atoms with Gasteiger partial charge in [0, 0.05) is 18.4 Å². The molecule has 1 fully saturated rings. The molecule has 1 aromatic rings. The number of aliphatic carboxylic acids is 1. The third kappa shape index (κ3) is 5.82. The third-order valence-corrected chi connectivity index (χ3v) is 3.76. The van der Waals surface area contributed by atoms with Crippen LogP contribution < -0.4 is 5.32 Å². The second kappa shape index (κ2) is 7.77. The van der Waals surface area contributed by atoms with Crippen molar-refractivity contribution in [1.29, 1.82) is 0 Å². The smallest absolute Gasteiger partial charge is 0.321 e. The van der Waals surface area contributed by atoms with Crippen LogP contribution in [0.1, 0.15) is 25.8 Å². The van der Waals surface area contributed by atoms with Crippen molar-refractivity contribution in [2.45, 2.75) is 39.0 Å². The molecule has 23 heavy (non-hydrogen) atoms. The molecule has 0 saturated carbocycles. The van der Waals surface area contributed by atoms with Crippen LogP contribution in [0.15, 0.2) is 24.3 Å². The summed E-state index contributed by atoms with van der Waals surface area (Å²) in [5.74, 6) is -0.729. The van der Waals surface area contributed by atoms with Gasteiger partial charge in [0.2, 0.25) is 0 Å². The number of nitrogens with one attached hydrogen (secondary N) is 1. The van der Waals surface area contributed by atoms with Gasteiger partial charge in [-0.2, -0.15) is 0 Å². The van der Waals surface area contributed by atoms with E-state index >= 15 is 0 Å². The molecule has 6 heteroatoms. The monoisotopic (exact) mass is 323 g/mol. The Balaban J connectivity index is 1.77. The first-order valence-corrected chi connectivity index (χ1v) is 7.83. The van der Waals surface area contributed by atoms with Gasteiger partial charge >= 0.3 is 5.97 Å². The number of phenols is 1. The Hall–Kier alpha value is -1.63. The van der Waals surface area contributed by atoms with E-state index in [1.807, 2.05) is 0 Å². The van der Waals surface area contributed by atoms with Crippen LogP contribution in [0.25, 0.3) is 0 Å². The van der Waals surface area contributed by atoms with Crippen molar-refractivity contribution in [2.75, 3.05) is 19.8 Å². The van der Waals surface area contributed by atoms with Gasteiger partial charge in [-0.15, -0.1) is 0 Å². The van der Waals surface area contributed by atoms with Gasteiger partial charge < -0.3 is 25.0 Å². The molecular weight excluding hydrogens is 298 g/mol. The maximum absolute atomic E-state index is 11.4. The quantitative estimate of drug-likeness (QED) is 0.709. The number of ether oxygens (including phenoxy) is 2. The average molecular weight is 323 g/mol. The lowest BCUT2D eigenvalue weighted by molar-refractivity contribution is -0.223. The topological polar surface area (TPSA) is 88.0 Å². The van der Waals surface area contributed by atoms with Gasteiger partial charge in [-0.25, -0.2) is 0 Å². The van der Waals surface area contributed by atoms with Crippen LogP contribution in [-0.4, -0.2) is 48.3 Å². The molecule has 1 heterocycles. The Morgan fingerprint density at radius 2 is 1.91 bits per heavy atom. The normalized spacial score (nSPS) is 19.4. The van der Waals surface area contributed by atoms with Crippen molar-refractivity contribution >= 4 is 5.97 Å². The highest BCUT2D eigenvalue weighted by Crippen LogP contribution is 2.23. The predicted octanol–water partition coefficient (Wildman–Crippen LogP) is 1.77. The minimum atomic E-state index is -0.898. The standard InChI is InChI=1S/C17H25NO5/c1-17(2)10-22-15(23-11-17)7-8-18-14(16(20)21)9-12-3-5-13(19)6-4-12/h3-6,14-15,18-19H,7-11H2,1-2H3,(H,20,21). The molecule has 0 bridgehead atoms. The largest absolute Gasteiger partial charge is 0.508 e. The number of carboxylic acids is 1. The molecule has 0 amide bonds. The van der Waals surface area contributed by atoms with Crippen molar-refractivity contribution in [3.8, 4) is 5.75 Å². The van der Waals surface area contributed by atoms with Crippen LogP contribution in [0.4, 0.5) is 0 Å². The van der Waals surface area contributed by atoms with E-state index in [1.54, 1.807) is 24.3 Å². The Kier molecular flexibility index (Phi) is 5.98. The van der Waals surface area contributed by atoms with Gasteiger partial charge in [-0.05, 0) is 24.1 Å². The highest BCUT2D eigenvalue weighted by Gasteiger charge is 2.28. The predicted molar refractivity (Wildman–Crippen MR) is 85.3 cm³/mol. The molecule has 3 N–H and O–H groups in total. The minimum absolute atomic E-state index is 0.0341. The summed E-state index contributed by atoms with van der Waals surface area (Å²) in [6.07, 6.45) is 0.684. The first-order chi connectivity index (χ1) is 10.9. The molecule has 2 rings (SSSR count). The number of rotatable bonds is 7. The number of phenolic OH excluding ortho intramolecular Hbond substituents is 1. The van der Waals surface area contributed by atoms with Crippen molar-refractivity contribution in [3.05, 3.63) is 29.8 Å². The first-order valence-electron chi connectivity index (χ1n) is 7.83. The minimum Gasteiger partial charge on any atom is -0.508 e. The summed E-state index contributed by atoms with van der Waals surface area (Å²) < 4.78 is 11.3. The SMILES string of the molecule is CC1(C)COC(CCNC(Cc2ccc(O)cc2)C(=O)O)OC1. The van der Waals surface area contributed by atoms with Crippen LogP contribution in [-0.2, 0) is 20.7 Å². The van der Waals surface area contributed by atoms with Crippen LogP contribution in [0, 0.1) is 5.41 Å². The van der Waals surface area contributed by atoms with E-state index in [2.05, 4.69) is 19.2 Å². The van der Waals surface area contributed by atoms with Crippen molar-refractivity contribution in [1.82, 2.24) is 5.32 Å². The Morgan fingerprint density at radius 1 is 1.30 bits per heavy atom. The highest BCUT2D eigenvalue weighted by molar-refractivity contribution is 5.73. The number of hydrogen-bond donors (Lipinski definition) is 3. The molecular formula is C17H25NO5. The molecule has 128 valence electrons. The van der Waals surface area contributed by atoms with Crippen molar-refractivity contribution in [2.24, 2.45) is 5.41 Å². The van der Waals surface area contributed by atoms with Crippen molar-refractivity contribution < 1.29 is 24.5 Å². The second-order valence-corrected chi connectivity index (χ2v) is 6.72. The molecule has 1 atom stereocenters. The van der Waals surface area contributed by atoms with E-state index < -0.39 is 12.0 Å². The van der Waals surface area contributed by atoms with Crippen LogP contribution in [0.5, 0.6) is 5.75 Å². The molecule has 1 aromatic carbocycles. The molecule has 1 unspecified atom stereocenters. The molecule has 0 aromatic heterocycles. The Bertz CT molecular complexity index is 504. The van der Waals surface area contributed by atoms with Gasteiger partial charge in [-0.1, -0.05) is 26.0 Å². The van der Waals surface area contributed by atoms with E-state index in [4.69, 9.17) is 9.47 Å². The third-order valence-electron chi connectivity index (χ3n) is 3.76. The number of carboxylic acid groups (broad SMARTS) is 1. The van der Waals surface area contributed by atoms with Crippen LogP contribution in [0.3, 0.4) is 0 Å². The fourth-order valence-electron chi connectivity index (χ4n) is 2.38. The zero-order chi connectivity index (χ0) is 16.9. The van der Waals surface area contributed by atoms with E-state index in [9.17, 15) is 15.0 Å². The summed E-state index contributed by atoms with van der Waals surface area (Å²) >= 11 is 0. The van der Waals surface area contributed by atoms with Gasteiger partial charge in [-0.3, -0.25) is 4.79 Å². The van der Waals surface area contributed by atoms with Gasteiger partial charge in [0.05, 0.1) is 13.2 Å². The molecule has 1 saturated heterocycles. The molecule has 0 radical (unpaired) electrons. The summed E-state index contributed by atoms with van der Waals surface area (Å²) in [5, 5.41) is 21.6. The van der Waals surface area contributed by atoms with Crippen LogP contribution >= 0.6 is 0 Å². The maximum atomic E-state index is 11.4.